The van der Waals surface area contributed by atoms with Gasteiger partial charge in [0.1, 0.15) is 0 Å². The zero-order chi connectivity index (χ0) is 9.26. The molecule has 0 aromatic carbocycles. The fraction of sp³-hybridized carbons (Fsp3) is 0.400. The number of hydrogen-bond acceptors (Lipinski definition) is 3. The van der Waals surface area contributed by atoms with Gasteiger partial charge in [0.25, 0.3) is 0 Å². The van der Waals surface area contributed by atoms with Crippen molar-refractivity contribution >= 4 is 6.29 Å². The van der Waals surface area contributed by atoms with Crippen molar-refractivity contribution < 1.29 is 4.79 Å². The molecule has 1 aromatic rings. The first-order valence-corrected chi connectivity index (χ1v) is 4.46. The van der Waals surface area contributed by atoms with Crippen molar-refractivity contribution in [3.8, 4) is 0 Å². The van der Waals surface area contributed by atoms with E-state index in [1.54, 1.807) is 6.20 Å². The molecule has 3 heteroatoms. The van der Waals surface area contributed by atoms with Crippen LogP contribution in [0.2, 0.25) is 0 Å². The van der Waals surface area contributed by atoms with E-state index in [1.165, 1.54) is 5.56 Å². The molecule has 0 spiro atoms. The molecule has 0 fully saturated rings. The number of carbonyl (C=O) groups excluding carboxylic acids is 1. The van der Waals surface area contributed by atoms with Crippen molar-refractivity contribution in [1.29, 1.82) is 0 Å². The molecule has 0 amide bonds. The van der Waals surface area contributed by atoms with Gasteiger partial charge in [-0.1, -0.05) is 0 Å². The van der Waals surface area contributed by atoms with E-state index in [0.29, 0.717) is 5.56 Å². The molecule has 1 aliphatic heterocycles. The Balaban J connectivity index is 2.54. The average molecular weight is 176 g/mol. The van der Waals surface area contributed by atoms with Gasteiger partial charge in [-0.3, -0.25) is 9.78 Å². The monoisotopic (exact) mass is 176 g/mol. The molecule has 0 aliphatic carbocycles. The Labute approximate surface area is 77.2 Å². The Morgan fingerprint density at radius 3 is 3.23 bits per heavy atom. The third-order valence-corrected chi connectivity index (χ3v) is 2.56. The van der Waals surface area contributed by atoms with Crippen LogP contribution in [-0.4, -0.2) is 17.8 Å². The minimum Gasteiger partial charge on any atom is -0.312 e. The predicted molar refractivity (Wildman–Crippen MR) is 49.8 cm³/mol. The summed E-state index contributed by atoms with van der Waals surface area (Å²) >= 11 is 0. The van der Waals surface area contributed by atoms with Crippen LogP contribution in [0.15, 0.2) is 6.20 Å². The number of pyridine rings is 1. The normalized spacial score (nSPS) is 15.2. The summed E-state index contributed by atoms with van der Waals surface area (Å²) in [5.74, 6) is 0. The van der Waals surface area contributed by atoms with E-state index in [1.807, 2.05) is 6.92 Å². The van der Waals surface area contributed by atoms with E-state index >= 15 is 0 Å². The van der Waals surface area contributed by atoms with Gasteiger partial charge in [-0.25, -0.2) is 0 Å². The van der Waals surface area contributed by atoms with Crippen molar-refractivity contribution in [2.45, 2.75) is 19.9 Å². The van der Waals surface area contributed by atoms with Crippen LogP contribution < -0.4 is 5.32 Å². The largest absolute Gasteiger partial charge is 0.312 e. The summed E-state index contributed by atoms with van der Waals surface area (Å²) in [5, 5.41) is 3.28. The van der Waals surface area contributed by atoms with E-state index in [9.17, 15) is 4.79 Å². The van der Waals surface area contributed by atoms with Gasteiger partial charge in [0.2, 0.25) is 0 Å². The fourth-order valence-electron chi connectivity index (χ4n) is 1.70. The molecule has 0 unspecified atom stereocenters. The highest BCUT2D eigenvalue weighted by Crippen LogP contribution is 2.17. The third-order valence-electron chi connectivity index (χ3n) is 2.56. The first-order valence-electron chi connectivity index (χ1n) is 4.46. The second-order valence-corrected chi connectivity index (χ2v) is 3.31. The summed E-state index contributed by atoms with van der Waals surface area (Å²) in [7, 11) is 0. The molecule has 0 atom stereocenters. The van der Waals surface area contributed by atoms with Crippen LogP contribution in [0.4, 0.5) is 0 Å². The maximum atomic E-state index is 10.7. The summed E-state index contributed by atoms with van der Waals surface area (Å²) in [4.78, 5) is 14.9. The molecule has 0 bridgehead atoms. The van der Waals surface area contributed by atoms with Crippen molar-refractivity contribution in [2.75, 3.05) is 6.54 Å². The van der Waals surface area contributed by atoms with E-state index < -0.39 is 0 Å². The van der Waals surface area contributed by atoms with Crippen molar-refractivity contribution in [2.24, 2.45) is 0 Å². The van der Waals surface area contributed by atoms with E-state index in [2.05, 4.69) is 10.3 Å². The van der Waals surface area contributed by atoms with Crippen molar-refractivity contribution in [3.05, 3.63) is 28.6 Å². The number of hydrogen-bond donors (Lipinski definition) is 1. The highest BCUT2D eigenvalue weighted by atomic mass is 16.1. The predicted octanol–water partition coefficient (Wildman–Crippen LogP) is 0.848. The van der Waals surface area contributed by atoms with E-state index in [0.717, 1.165) is 37.1 Å². The van der Waals surface area contributed by atoms with Gasteiger partial charge in [0.15, 0.2) is 6.29 Å². The summed E-state index contributed by atoms with van der Waals surface area (Å²) in [6, 6.07) is 0. The second-order valence-electron chi connectivity index (χ2n) is 3.31. The molecule has 1 aromatic heterocycles. The SMILES string of the molecule is Cc1c(C=O)cnc2c1CNCC2. The smallest absolute Gasteiger partial charge is 0.151 e. The molecule has 2 rings (SSSR count). The number of carbonyl (C=O) groups is 1. The number of nitrogens with zero attached hydrogens (tertiary/aromatic N) is 1. The first kappa shape index (κ1) is 8.38. The van der Waals surface area contributed by atoms with Crippen LogP contribution >= 0.6 is 0 Å². The van der Waals surface area contributed by atoms with Gasteiger partial charge < -0.3 is 5.32 Å². The summed E-state index contributed by atoms with van der Waals surface area (Å²) < 4.78 is 0. The maximum Gasteiger partial charge on any atom is 0.151 e. The number of aldehydes is 1. The molecule has 2 heterocycles. The van der Waals surface area contributed by atoms with Gasteiger partial charge in [-0.05, 0) is 18.1 Å². The summed E-state index contributed by atoms with van der Waals surface area (Å²) in [5.41, 5.74) is 4.13. The van der Waals surface area contributed by atoms with Gasteiger partial charge in [-0.15, -0.1) is 0 Å². The highest BCUT2D eigenvalue weighted by Gasteiger charge is 2.13. The third kappa shape index (κ3) is 1.35. The molecular formula is C10H12N2O. The zero-order valence-corrected chi connectivity index (χ0v) is 7.63. The lowest BCUT2D eigenvalue weighted by atomic mass is 9.99. The van der Waals surface area contributed by atoms with Gasteiger partial charge in [0.05, 0.1) is 0 Å². The molecule has 13 heavy (non-hydrogen) atoms. The maximum absolute atomic E-state index is 10.7. The second kappa shape index (κ2) is 3.26. The lowest BCUT2D eigenvalue weighted by Gasteiger charge is -2.18. The minimum absolute atomic E-state index is 0.711. The fourth-order valence-corrected chi connectivity index (χ4v) is 1.70. The lowest BCUT2D eigenvalue weighted by Crippen LogP contribution is -2.25. The molecule has 0 radical (unpaired) electrons. The van der Waals surface area contributed by atoms with Gasteiger partial charge in [0, 0.05) is 37.0 Å². The standard InChI is InChI=1S/C10H12N2O/c1-7-8(6-13)4-12-10-2-3-11-5-9(7)10/h4,6,11H,2-3,5H2,1H3. The van der Waals surface area contributed by atoms with Gasteiger partial charge >= 0.3 is 0 Å². The molecular weight excluding hydrogens is 164 g/mol. The number of aromatic nitrogens is 1. The highest BCUT2D eigenvalue weighted by molar-refractivity contribution is 5.77. The number of rotatable bonds is 1. The Bertz CT molecular complexity index is 347. The van der Waals surface area contributed by atoms with Crippen molar-refractivity contribution in [3.63, 3.8) is 0 Å². The zero-order valence-electron chi connectivity index (χ0n) is 7.63. The van der Waals surface area contributed by atoms with Crippen LogP contribution in [0.1, 0.15) is 27.2 Å². The van der Waals surface area contributed by atoms with Crippen LogP contribution in [0.5, 0.6) is 0 Å². The summed E-state index contributed by atoms with van der Waals surface area (Å²) in [6.07, 6.45) is 3.51. The molecule has 3 nitrogen and oxygen atoms in total. The number of fused-ring (bicyclic) bond motifs is 1. The Morgan fingerprint density at radius 2 is 2.46 bits per heavy atom. The van der Waals surface area contributed by atoms with Gasteiger partial charge in [-0.2, -0.15) is 0 Å². The van der Waals surface area contributed by atoms with E-state index in [4.69, 9.17) is 0 Å². The lowest BCUT2D eigenvalue weighted by molar-refractivity contribution is 0.112. The van der Waals surface area contributed by atoms with Crippen molar-refractivity contribution in [1.82, 2.24) is 10.3 Å². The summed E-state index contributed by atoms with van der Waals surface area (Å²) in [6.45, 7) is 3.81. The molecule has 1 aliphatic rings. The molecule has 1 N–H and O–H groups in total. The Kier molecular flexibility index (Phi) is 2.10. The molecule has 0 saturated heterocycles. The molecule has 0 saturated carbocycles. The van der Waals surface area contributed by atoms with Crippen LogP contribution in [0.25, 0.3) is 0 Å². The number of nitrogens with one attached hydrogen (secondary N) is 1. The van der Waals surface area contributed by atoms with Crippen LogP contribution in [0.3, 0.4) is 0 Å². The Hall–Kier alpha value is -1.22. The minimum atomic E-state index is 0.711. The molecule has 68 valence electrons. The Morgan fingerprint density at radius 1 is 1.62 bits per heavy atom. The first-order chi connectivity index (χ1) is 6.33. The average Bonchev–Trinajstić information content (AvgIpc) is 2.19. The topological polar surface area (TPSA) is 42.0 Å². The van der Waals surface area contributed by atoms with E-state index in [-0.39, 0.29) is 0 Å². The van der Waals surface area contributed by atoms with Crippen LogP contribution in [-0.2, 0) is 13.0 Å². The quantitative estimate of drug-likeness (QED) is 0.645. The van der Waals surface area contributed by atoms with Crippen LogP contribution in [0, 0.1) is 6.92 Å².